The number of hydrogen-bond acceptors (Lipinski definition) is 6. The molecule has 3 N–H and O–H groups in total. The molecule has 9 heteroatoms. The lowest BCUT2D eigenvalue weighted by Gasteiger charge is -2.44. The Bertz CT molecular complexity index is 1260. The highest BCUT2D eigenvalue weighted by Crippen LogP contribution is 2.34. The van der Waals surface area contributed by atoms with Gasteiger partial charge in [-0.1, -0.05) is 12.6 Å². The van der Waals surface area contributed by atoms with Gasteiger partial charge in [-0.15, -0.1) is 0 Å². The number of ether oxygens (including phenoxy) is 1. The molecule has 1 aromatic carbocycles. The molecule has 2 aliphatic heterocycles. The predicted molar refractivity (Wildman–Crippen MR) is 135 cm³/mol. The molecule has 0 aliphatic carbocycles. The van der Waals surface area contributed by atoms with Crippen molar-refractivity contribution in [2.24, 2.45) is 5.73 Å². The molecular formula is C26H30N6O3. The van der Waals surface area contributed by atoms with Crippen LogP contribution in [0.1, 0.15) is 15.9 Å². The molecule has 0 spiro atoms. The van der Waals surface area contributed by atoms with Gasteiger partial charge in [0.1, 0.15) is 0 Å². The van der Waals surface area contributed by atoms with Gasteiger partial charge in [-0.05, 0) is 35.9 Å². The summed E-state index contributed by atoms with van der Waals surface area (Å²) in [7, 11) is 2.00. The van der Waals surface area contributed by atoms with Crippen molar-refractivity contribution in [1.29, 1.82) is 0 Å². The largest absolute Gasteiger partial charge is 0.379 e. The number of fused-ring (bicyclic) bond motifs is 1. The fraction of sp³-hybridized carbons (Fsp3) is 0.346. The summed E-state index contributed by atoms with van der Waals surface area (Å²) in [6.45, 7) is 9.05. The minimum atomic E-state index is -0.488. The van der Waals surface area contributed by atoms with Gasteiger partial charge in [0.05, 0.1) is 41.7 Å². The molecule has 35 heavy (non-hydrogen) atoms. The summed E-state index contributed by atoms with van der Waals surface area (Å²) in [5, 5.41) is 0.895. The topological polar surface area (TPSA) is 108 Å². The zero-order chi connectivity index (χ0) is 24.5. The second-order valence-electron chi connectivity index (χ2n) is 9.12. The van der Waals surface area contributed by atoms with Gasteiger partial charge >= 0.3 is 0 Å². The summed E-state index contributed by atoms with van der Waals surface area (Å²) in [4.78, 5) is 38.3. The van der Waals surface area contributed by atoms with E-state index in [-0.39, 0.29) is 11.9 Å². The Balaban J connectivity index is 1.42. The van der Waals surface area contributed by atoms with Crippen LogP contribution in [0.15, 0.2) is 49.2 Å². The van der Waals surface area contributed by atoms with Crippen LogP contribution < -0.4 is 10.6 Å². The maximum Gasteiger partial charge on any atom is 0.250 e. The summed E-state index contributed by atoms with van der Waals surface area (Å²) in [6.07, 6.45) is 3.24. The van der Waals surface area contributed by atoms with E-state index in [1.165, 1.54) is 6.08 Å². The van der Waals surface area contributed by atoms with Crippen LogP contribution in [0.4, 0.5) is 5.69 Å². The van der Waals surface area contributed by atoms with Gasteiger partial charge in [0.15, 0.2) is 0 Å². The number of aromatic amines is 1. The summed E-state index contributed by atoms with van der Waals surface area (Å²) in [5.74, 6) is -0.547. The smallest absolute Gasteiger partial charge is 0.250 e. The zero-order valence-corrected chi connectivity index (χ0v) is 19.9. The van der Waals surface area contributed by atoms with E-state index in [9.17, 15) is 9.59 Å². The van der Waals surface area contributed by atoms with E-state index in [1.807, 2.05) is 31.4 Å². The Labute approximate surface area is 204 Å². The number of nitrogens with zero attached hydrogens (tertiary/aromatic N) is 4. The zero-order valence-electron chi connectivity index (χ0n) is 19.9. The Morgan fingerprint density at radius 1 is 1.26 bits per heavy atom. The van der Waals surface area contributed by atoms with Crippen LogP contribution in [0.5, 0.6) is 0 Å². The molecule has 0 atom stereocenters. The number of amides is 2. The third kappa shape index (κ3) is 4.52. The normalized spacial score (nSPS) is 16.8. The van der Waals surface area contributed by atoms with Crippen molar-refractivity contribution in [3.8, 4) is 11.4 Å². The highest BCUT2D eigenvalue weighted by Gasteiger charge is 2.33. The number of aromatic nitrogens is 2. The van der Waals surface area contributed by atoms with Crippen molar-refractivity contribution in [2.75, 3.05) is 51.3 Å². The van der Waals surface area contributed by atoms with Gasteiger partial charge in [0, 0.05) is 57.0 Å². The second kappa shape index (κ2) is 9.52. The average molecular weight is 475 g/mol. The van der Waals surface area contributed by atoms with E-state index >= 15 is 0 Å². The third-order valence-electron chi connectivity index (χ3n) is 6.92. The van der Waals surface area contributed by atoms with Crippen molar-refractivity contribution in [3.05, 3.63) is 60.3 Å². The van der Waals surface area contributed by atoms with Crippen LogP contribution in [0.25, 0.3) is 22.3 Å². The molecule has 0 bridgehead atoms. The highest BCUT2D eigenvalue weighted by atomic mass is 16.5. The molecular weight excluding hydrogens is 444 g/mol. The number of carbonyl (C=O) groups excluding carboxylic acids is 2. The average Bonchev–Trinajstić information content (AvgIpc) is 3.28. The van der Waals surface area contributed by atoms with Gasteiger partial charge in [-0.25, -0.2) is 0 Å². The number of morpholine rings is 1. The Kier molecular flexibility index (Phi) is 6.27. The minimum absolute atomic E-state index is 0.0593. The first-order chi connectivity index (χ1) is 16.9. The lowest BCUT2D eigenvalue weighted by atomic mass is 10.0. The van der Waals surface area contributed by atoms with Gasteiger partial charge in [0.2, 0.25) is 5.91 Å². The molecule has 2 saturated heterocycles. The number of benzene rings is 1. The van der Waals surface area contributed by atoms with Crippen molar-refractivity contribution in [2.45, 2.75) is 12.6 Å². The van der Waals surface area contributed by atoms with E-state index in [0.29, 0.717) is 24.2 Å². The van der Waals surface area contributed by atoms with Crippen LogP contribution in [0, 0.1) is 0 Å². The fourth-order valence-corrected chi connectivity index (χ4v) is 4.76. The molecule has 0 saturated carbocycles. The molecule has 2 fully saturated rings. The molecule has 0 radical (unpaired) electrons. The molecule has 4 heterocycles. The summed E-state index contributed by atoms with van der Waals surface area (Å²) < 4.78 is 5.42. The number of pyridine rings is 1. The second-order valence-corrected chi connectivity index (χ2v) is 9.12. The lowest BCUT2D eigenvalue weighted by Crippen LogP contribution is -2.60. The van der Waals surface area contributed by atoms with Gasteiger partial charge in [-0.2, -0.15) is 0 Å². The molecule has 9 nitrogen and oxygen atoms in total. The SMILES string of the molecule is C=CC(=O)N1CC(N(C)c2ccc(C(N)=O)c3[nH]c(-c4ccc(CN5CCOCC5)cn4)cc23)C1. The predicted octanol–water partition coefficient (Wildman–Crippen LogP) is 1.99. The number of anilines is 1. The Morgan fingerprint density at radius 2 is 2.03 bits per heavy atom. The lowest BCUT2D eigenvalue weighted by molar-refractivity contribution is -0.130. The minimum Gasteiger partial charge on any atom is -0.379 e. The summed E-state index contributed by atoms with van der Waals surface area (Å²) >= 11 is 0. The monoisotopic (exact) mass is 474 g/mol. The quantitative estimate of drug-likeness (QED) is 0.507. The number of H-pyrrole nitrogens is 1. The van der Waals surface area contributed by atoms with E-state index in [0.717, 1.165) is 60.9 Å². The number of likely N-dealkylation sites (tertiary alicyclic amines) is 1. The Hall–Kier alpha value is -3.69. The van der Waals surface area contributed by atoms with E-state index < -0.39 is 5.91 Å². The van der Waals surface area contributed by atoms with Crippen molar-refractivity contribution >= 4 is 28.4 Å². The van der Waals surface area contributed by atoms with E-state index in [2.05, 4.69) is 32.4 Å². The molecule has 3 aromatic rings. The first-order valence-electron chi connectivity index (χ1n) is 11.8. The highest BCUT2D eigenvalue weighted by molar-refractivity contribution is 6.09. The summed E-state index contributed by atoms with van der Waals surface area (Å²) in [5.41, 5.74) is 10.5. The number of primary amides is 1. The van der Waals surface area contributed by atoms with E-state index in [1.54, 1.807) is 11.0 Å². The molecule has 0 unspecified atom stereocenters. The van der Waals surface area contributed by atoms with Crippen molar-refractivity contribution in [1.82, 2.24) is 19.8 Å². The van der Waals surface area contributed by atoms with Gasteiger partial charge < -0.3 is 25.3 Å². The maximum absolute atomic E-state index is 12.1. The first-order valence-corrected chi connectivity index (χ1v) is 11.8. The van der Waals surface area contributed by atoms with Gasteiger partial charge in [-0.3, -0.25) is 19.5 Å². The third-order valence-corrected chi connectivity index (χ3v) is 6.92. The van der Waals surface area contributed by atoms with Crippen LogP contribution in [-0.2, 0) is 16.1 Å². The standard InChI is InChI=1S/C26H30N6O3/c1-3-24(33)32-15-18(16-32)30(2)23-7-5-19(26(27)34)25-20(23)12-22(29-25)21-6-4-17(13-28-21)14-31-8-10-35-11-9-31/h3-7,12-13,18,29H,1,8-11,14-16H2,2H3,(H2,27,34). The number of rotatable bonds is 7. The number of likely N-dealkylation sites (N-methyl/N-ethyl adjacent to an activating group) is 1. The van der Waals surface area contributed by atoms with Crippen LogP contribution >= 0.6 is 0 Å². The van der Waals surface area contributed by atoms with Crippen LogP contribution in [0.2, 0.25) is 0 Å². The molecule has 2 amide bonds. The molecule has 5 rings (SSSR count). The Morgan fingerprint density at radius 3 is 2.69 bits per heavy atom. The number of nitrogens with two attached hydrogens (primary N) is 1. The molecule has 2 aromatic heterocycles. The molecule has 2 aliphatic rings. The first kappa shape index (κ1) is 23.1. The van der Waals surface area contributed by atoms with Crippen molar-refractivity contribution < 1.29 is 14.3 Å². The molecule has 182 valence electrons. The van der Waals surface area contributed by atoms with Gasteiger partial charge in [0.25, 0.3) is 5.91 Å². The van der Waals surface area contributed by atoms with Crippen LogP contribution in [-0.4, -0.2) is 84.1 Å². The number of hydrogen-bond donors (Lipinski definition) is 2. The maximum atomic E-state index is 12.1. The van der Waals surface area contributed by atoms with E-state index in [4.69, 9.17) is 10.5 Å². The van der Waals surface area contributed by atoms with Crippen molar-refractivity contribution in [3.63, 3.8) is 0 Å². The number of carbonyl (C=O) groups is 2. The summed E-state index contributed by atoms with van der Waals surface area (Å²) in [6, 6.07) is 9.95. The number of nitrogens with one attached hydrogen (secondary N) is 1. The van der Waals surface area contributed by atoms with Crippen LogP contribution in [0.3, 0.4) is 0 Å². The fourth-order valence-electron chi connectivity index (χ4n) is 4.76.